The fraction of sp³-hybridized carbons (Fsp3) is 1.00. The molecule has 1 fully saturated rings. The molecule has 1 heterocycles. The van der Waals surface area contributed by atoms with Crippen molar-refractivity contribution in [3.63, 3.8) is 0 Å². The molecule has 0 aromatic heterocycles. The first-order valence-electron chi connectivity index (χ1n) is 5.61. The van der Waals surface area contributed by atoms with Gasteiger partial charge in [0.25, 0.3) is 0 Å². The van der Waals surface area contributed by atoms with Crippen LogP contribution in [0, 0.1) is 0 Å². The minimum Gasteiger partial charge on any atom is -0.326 e. The highest BCUT2D eigenvalue weighted by atomic mass is 15.6. The molecule has 0 radical (unpaired) electrons. The Morgan fingerprint density at radius 2 is 1.64 bits per heavy atom. The topological polar surface area (TPSA) is 52.0 Å². The summed E-state index contributed by atoms with van der Waals surface area (Å²) in [6.07, 6.45) is 0. The molecule has 0 aromatic carbocycles. The van der Waals surface area contributed by atoms with Gasteiger partial charge in [0.1, 0.15) is 32.2 Å². The Kier molecular flexibility index (Phi) is 3.53. The minimum atomic E-state index is 0.529. The molecular weight excluding hydrogens is 176 g/mol. The van der Waals surface area contributed by atoms with Crippen LogP contribution in [0.1, 0.15) is 13.8 Å². The molecule has 1 rings (SSSR count). The third kappa shape index (κ3) is 2.45. The molecule has 0 aliphatic carbocycles. The average molecular weight is 202 g/mol. The van der Waals surface area contributed by atoms with Crippen molar-refractivity contribution < 1.29 is 9.08 Å². The van der Waals surface area contributed by atoms with E-state index < -0.39 is 0 Å². The molecule has 0 atom stereocenters. The summed E-state index contributed by atoms with van der Waals surface area (Å²) in [5.41, 5.74) is 5.62. The number of hydrogen-bond donors (Lipinski definition) is 2. The summed E-state index contributed by atoms with van der Waals surface area (Å²) in [4.78, 5) is 0. The van der Waals surface area contributed by atoms with Gasteiger partial charge in [0, 0.05) is 6.54 Å². The Morgan fingerprint density at radius 1 is 1.14 bits per heavy atom. The lowest BCUT2D eigenvalue weighted by atomic mass is 10.2. The third-order valence-electron chi connectivity index (χ3n) is 3.81. The number of likely N-dealkylation sites (N-methyl/N-ethyl adjacent to an activating group) is 1. The first kappa shape index (κ1) is 11.9. The molecule has 0 aromatic rings. The van der Waals surface area contributed by atoms with Gasteiger partial charge < -0.3 is 10.2 Å². The molecule has 0 spiro atoms. The van der Waals surface area contributed by atoms with Crippen LogP contribution in [0.5, 0.6) is 0 Å². The summed E-state index contributed by atoms with van der Waals surface area (Å²) in [7, 11) is 2.29. The number of hydrogen-bond acceptors (Lipinski definition) is 2. The van der Waals surface area contributed by atoms with Gasteiger partial charge in [0.15, 0.2) is 0 Å². The number of rotatable bonds is 3. The van der Waals surface area contributed by atoms with Gasteiger partial charge in [-0.25, -0.2) is 4.59 Å². The monoisotopic (exact) mass is 202 g/mol. The molecule has 1 aliphatic rings. The van der Waals surface area contributed by atoms with E-state index in [2.05, 4.69) is 20.9 Å². The molecule has 1 saturated heterocycles. The van der Waals surface area contributed by atoms with Gasteiger partial charge in [-0.3, -0.25) is 0 Å². The van der Waals surface area contributed by atoms with Crippen LogP contribution >= 0.6 is 0 Å². The maximum atomic E-state index is 6.32. The van der Waals surface area contributed by atoms with Crippen molar-refractivity contribution in [1.82, 2.24) is 0 Å². The van der Waals surface area contributed by atoms with Gasteiger partial charge in [0.05, 0.1) is 13.6 Å². The van der Waals surface area contributed by atoms with Crippen LogP contribution in [0.2, 0.25) is 0 Å². The van der Waals surface area contributed by atoms with Gasteiger partial charge >= 0.3 is 0 Å². The van der Waals surface area contributed by atoms with Crippen molar-refractivity contribution in [2.45, 2.75) is 19.9 Å². The van der Waals surface area contributed by atoms with Crippen LogP contribution in [0.3, 0.4) is 0 Å². The molecule has 4 nitrogen and oxygen atoms in total. The SMILES string of the molecule is CC(C)[N+]1(N)CC[N+](C)(CCN)CC1. The van der Waals surface area contributed by atoms with Gasteiger partial charge in [0.2, 0.25) is 0 Å². The molecule has 4 N–H and O–H groups in total. The summed E-state index contributed by atoms with van der Waals surface area (Å²) in [5.74, 6) is 6.32. The first-order valence-corrected chi connectivity index (χ1v) is 5.61. The third-order valence-corrected chi connectivity index (χ3v) is 3.81. The molecule has 0 bridgehead atoms. The average Bonchev–Trinajstić information content (AvgIpc) is 2.11. The Labute approximate surface area is 87.6 Å². The maximum absolute atomic E-state index is 6.32. The lowest BCUT2D eigenvalue weighted by molar-refractivity contribution is -1.04. The van der Waals surface area contributed by atoms with Crippen LogP contribution in [0.25, 0.3) is 0 Å². The number of piperazine rings is 1. The van der Waals surface area contributed by atoms with Gasteiger partial charge in [-0.05, 0) is 13.8 Å². The highest BCUT2D eigenvalue weighted by Crippen LogP contribution is 2.16. The van der Waals surface area contributed by atoms with Gasteiger partial charge in [-0.2, -0.15) is 5.84 Å². The largest absolute Gasteiger partial charge is 0.326 e. The highest BCUT2D eigenvalue weighted by Gasteiger charge is 2.39. The predicted molar refractivity (Wildman–Crippen MR) is 59.2 cm³/mol. The fourth-order valence-corrected chi connectivity index (χ4v) is 2.13. The summed E-state index contributed by atoms with van der Waals surface area (Å²) >= 11 is 0. The van der Waals surface area contributed by atoms with Gasteiger partial charge in [-0.1, -0.05) is 0 Å². The van der Waals surface area contributed by atoms with E-state index in [4.69, 9.17) is 11.6 Å². The molecule has 0 saturated carbocycles. The number of nitrogens with two attached hydrogens (primary N) is 2. The van der Waals surface area contributed by atoms with E-state index in [9.17, 15) is 0 Å². The van der Waals surface area contributed by atoms with Crippen molar-refractivity contribution in [3.8, 4) is 0 Å². The zero-order valence-corrected chi connectivity index (χ0v) is 9.87. The summed E-state index contributed by atoms with van der Waals surface area (Å²) in [6.45, 7) is 10.7. The lowest BCUT2D eigenvalue weighted by Gasteiger charge is -2.46. The van der Waals surface area contributed by atoms with E-state index in [0.29, 0.717) is 6.04 Å². The van der Waals surface area contributed by atoms with Crippen molar-refractivity contribution >= 4 is 0 Å². The van der Waals surface area contributed by atoms with Crippen molar-refractivity contribution in [3.05, 3.63) is 0 Å². The van der Waals surface area contributed by atoms with Crippen LogP contribution in [-0.2, 0) is 0 Å². The zero-order valence-electron chi connectivity index (χ0n) is 9.87. The summed E-state index contributed by atoms with van der Waals surface area (Å²) in [5, 5.41) is 0. The Hall–Kier alpha value is -0.160. The number of quaternary nitrogens is 2. The Balaban J connectivity index is 2.52. The summed E-state index contributed by atoms with van der Waals surface area (Å²) in [6, 6.07) is 0.529. The van der Waals surface area contributed by atoms with Gasteiger partial charge in [-0.15, -0.1) is 0 Å². The summed E-state index contributed by atoms with van der Waals surface area (Å²) < 4.78 is 1.83. The van der Waals surface area contributed by atoms with E-state index in [1.165, 1.54) is 0 Å². The second kappa shape index (κ2) is 4.14. The van der Waals surface area contributed by atoms with E-state index in [0.717, 1.165) is 48.3 Å². The van der Waals surface area contributed by atoms with Crippen molar-refractivity contribution in [1.29, 1.82) is 0 Å². The van der Waals surface area contributed by atoms with Crippen molar-refractivity contribution in [2.75, 3.05) is 46.3 Å². The molecular formula is C10H26N4+2. The molecule has 0 amide bonds. The molecule has 84 valence electrons. The predicted octanol–water partition coefficient (Wildman–Crippen LogP) is -0.496. The quantitative estimate of drug-likeness (QED) is 0.479. The lowest BCUT2D eigenvalue weighted by Crippen LogP contribution is -2.71. The smallest absolute Gasteiger partial charge is 0.146 e. The van der Waals surface area contributed by atoms with E-state index in [-0.39, 0.29) is 0 Å². The second-order valence-electron chi connectivity index (χ2n) is 5.22. The standard InChI is InChI=1S/C10H26N4/c1-10(2)14(12)8-6-13(3,5-4-11)7-9-14/h10H,4-9,11-12H2,1-3H3/q+2. The first-order chi connectivity index (χ1) is 6.42. The number of nitrogens with zero attached hydrogens (tertiary/aromatic N) is 2. The van der Waals surface area contributed by atoms with E-state index >= 15 is 0 Å². The van der Waals surface area contributed by atoms with Crippen LogP contribution in [-0.4, -0.2) is 61.4 Å². The molecule has 1 aliphatic heterocycles. The van der Waals surface area contributed by atoms with E-state index in [1.54, 1.807) is 0 Å². The maximum Gasteiger partial charge on any atom is 0.146 e. The van der Waals surface area contributed by atoms with Crippen LogP contribution in [0.15, 0.2) is 0 Å². The Morgan fingerprint density at radius 3 is 2.00 bits per heavy atom. The second-order valence-corrected chi connectivity index (χ2v) is 5.22. The van der Waals surface area contributed by atoms with E-state index in [1.807, 2.05) is 0 Å². The Bertz CT molecular complexity index is 183. The highest BCUT2D eigenvalue weighted by molar-refractivity contribution is 4.53. The van der Waals surface area contributed by atoms with Crippen LogP contribution in [0.4, 0.5) is 0 Å². The van der Waals surface area contributed by atoms with Crippen molar-refractivity contribution in [2.24, 2.45) is 11.6 Å². The van der Waals surface area contributed by atoms with Crippen LogP contribution < -0.4 is 11.6 Å². The molecule has 14 heavy (non-hydrogen) atoms. The normalized spacial score (nSPS) is 39.0. The zero-order chi connectivity index (χ0) is 10.8. The minimum absolute atomic E-state index is 0.529. The molecule has 4 heteroatoms. The molecule has 0 unspecified atom stereocenters. The fourth-order valence-electron chi connectivity index (χ4n) is 2.13.